The van der Waals surface area contributed by atoms with Crippen LogP contribution in [-0.4, -0.2) is 59.9 Å². The Kier molecular flexibility index (Phi) is 7.30. The van der Waals surface area contributed by atoms with Gasteiger partial charge in [-0.2, -0.15) is 0 Å². The maximum atomic E-state index is 12.0. The second-order valence-corrected chi connectivity index (χ2v) is 8.57. The van der Waals surface area contributed by atoms with Crippen LogP contribution in [0.25, 0.3) is 0 Å². The van der Waals surface area contributed by atoms with E-state index in [1.165, 1.54) is 31.5 Å². The van der Waals surface area contributed by atoms with E-state index >= 15 is 0 Å². The van der Waals surface area contributed by atoms with Gasteiger partial charge in [-0.1, -0.05) is 24.1 Å². The van der Waals surface area contributed by atoms with E-state index in [2.05, 4.69) is 34.8 Å². The molecule has 2 saturated heterocycles. The summed E-state index contributed by atoms with van der Waals surface area (Å²) in [6.07, 6.45) is 6.20. The molecule has 1 aromatic carbocycles. The van der Waals surface area contributed by atoms with Crippen LogP contribution >= 0.6 is 11.9 Å². The van der Waals surface area contributed by atoms with Gasteiger partial charge in [0.1, 0.15) is 11.9 Å². The van der Waals surface area contributed by atoms with E-state index in [9.17, 15) is 4.79 Å². The first kappa shape index (κ1) is 20.3. The molecule has 150 valence electrons. The molecule has 2 aliphatic rings. The number of hydrogen-bond donors (Lipinski definition) is 0. The zero-order valence-electron chi connectivity index (χ0n) is 16.7. The van der Waals surface area contributed by atoms with Gasteiger partial charge in [-0.25, -0.2) is 4.79 Å². The van der Waals surface area contributed by atoms with E-state index < -0.39 is 0 Å². The lowest BCUT2D eigenvalue weighted by Crippen LogP contribution is -2.42. The molecular weight excluding hydrogens is 360 g/mol. The van der Waals surface area contributed by atoms with Gasteiger partial charge in [0.2, 0.25) is 0 Å². The number of carbonyl (C=O) groups is 1. The van der Waals surface area contributed by atoms with Crippen LogP contribution in [0.1, 0.15) is 51.0 Å². The molecule has 0 radical (unpaired) electrons. The molecular formula is C21H32N2O3S. The number of nitrogens with zero attached hydrogens (tertiary/aromatic N) is 2. The lowest BCUT2D eigenvalue weighted by molar-refractivity contribution is 0.0517. The molecule has 0 N–H and O–H groups in total. The molecule has 2 aliphatic heterocycles. The van der Waals surface area contributed by atoms with Gasteiger partial charge in [0.25, 0.3) is 0 Å². The third-order valence-corrected chi connectivity index (χ3v) is 6.28. The van der Waals surface area contributed by atoms with Gasteiger partial charge in [-0.15, -0.1) is 0 Å². The Bertz CT molecular complexity index is 592. The summed E-state index contributed by atoms with van der Waals surface area (Å²) in [7, 11) is 0. The van der Waals surface area contributed by atoms with Gasteiger partial charge in [0.05, 0.1) is 6.10 Å². The monoisotopic (exact) mass is 392 g/mol. The van der Waals surface area contributed by atoms with E-state index in [0.717, 1.165) is 18.6 Å². The van der Waals surface area contributed by atoms with Crippen molar-refractivity contribution in [3.8, 4) is 5.75 Å². The van der Waals surface area contributed by atoms with Crippen molar-refractivity contribution in [2.45, 2.75) is 57.7 Å². The Morgan fingerprint density at radius 3 is 2.22 bits per heavy atom. The van der Waals surface area contributed by atoms with Gasteiger partial charge in [0.15, 0.2) is 0 Å². The van der Waals surface area contributed by atoms with E-state index in [1.807, 2.05) is 25.8 Å². The summed E-state index contributed by atoms with van der Waals surface area (Å²) < 4.78 is 13.9. The molecule has 27 heavy (non-hydrogen) atoms. The van der Waals surface area contributed by atoms with E-state index in [-0.39, 0.29) is 18.3 Å². The molecule has 6 heteroatoms. The van der Waals surface area contributed by atoms with Crippen molar-refractivity contribution in [2.24, 2.45) is 0 Å². The molecule has 0 spiro atoms. The minimum absolute atomic E-state index is 0.0713. The highest BCUT2D eigenvalue weighted by Gasteiger charge is 2.25. The van der Waals surface area contributed by atoms with Gasteiger partial charge in [0, 0.05) is 39.0 Å². The number of benzene rings is 1. The van der Waals surface area contributed by atoms with Gasteiger partial charge < -0.3 is 14.4 Å². The highest BCUT2D eigenvalue weighted by atomic mass is 32.2. The lowest BCUT2D eigenvalue weighted by atomic mass is 9.90. The SMILES string of the molecule is CSN1CCC(c2ccc(OC3CCN(C(=O)OC(C)C)CC3)cc2)CC1. The average Bonchev–Trinajstić information content (AvgIpc) is 2.69. The van der Waals surface area contributed by atoms with Gasteiger partial charge in [-0.05, 0) is 56.6 Å². The summed E-state index contributed by atoms with van der Waals surface area (Å²) >= 11 is 1.85. The quantitative estimate of drug-likeness (QED) is 0.689. The third kappa shape index (κ3) is 5.79. The van der Waals surface area contributed by atoms with Gasteiger partial charge in [-0.3, -0.25) is 4.31 Å². The summed E-state index contributed by atoms with van der Waals surface area (Å²) in [5.74, 6) is 1.60. The topological polar surface area (TPSA) is 42.0 Å². The van der Waals surface area contributed by atoms with Crippen molar-refractivity contribution in [1.29, 1.82) is 0 Å². The Balaban J connectivity index is 1.45. The Morgan fingerprint density at radius 2 is 1.67 bits per heavy atom. The van der Waals surface area contributed by atoms with Crippen LogP contribution in [0, 0.1) is 0 Å². The predicted octanol–water partition coefficient (Wildman–Crippen LogP) is 4.53. The number of likely N-dealkylation sites (tertiary alicyclic amines) is 1. The summed E-state index contributed by atoms with van der Waals surface area (Å²) in [6.45, 7) is 7.49. The van der Waals surface area contributed by atoms with Crippen LogP contribution in [0.2, 0.25) is 0 Å². The zero-order chi connectivity index (χ0) is 19.2. The van der Waals surface area contributed by atoms with Crippen molar-refractivity contribution in [2.75, 3.05) is 32.4 Å². The molecule has 0 aromatic heterocycles. The summed E-state index contributed by atoms with van der Waals surface area (Å²) in [6, 6.07) is 8.67. The second-order valence-electron chi connectivity index (χ2n) is 7.69. The molecule has 1 amide bonds. The number of piperidine rings is 2. The van der Waals surface area contributed by atoms with E-state index in [1.54, 1.807) is 4.90 Å². The van der Waals surface area contributed by atoms with Crippen LogP contribution in [0.5, 0.6) is 5.75 Å². The molecule has 0 unspecified atom stereocenters. The van der Waals surface area contributed by atoms with Gasteiger partial charge >= 0.3 is 6.09 Å². The normalized spacial score (nSPS) is 20.1. The number of hydrogen-bond acceptors (Lipinski definition) is 5. The molecule has 0 atom stereocenters. The fourth-order valence-corrected chi connectivity index (χ4v) is 4.39. The van der Waals surface area contributed by atoms with Crippen molar-refractivity contribution in [3.63, 3.8) is 0 Å². The lowest BCUT2D eigenvalue weighted by Gasteiger charge is -2.32. The largest absolute Gasteiger partial charge is 0.490 e. The zero-order valence-corrected chi connectivity index (χ0v) is 17.5. The Morgan fingerprint density at radius 1 is 1.04 bits per heavy atom. The molecule has 0 aliphatic carbocycles. The molecule has 0 bridgehead atoms. The summed E-state index contributed by atoms with van der Waals surface area (Å²) in [5, 5.41) is 0. The van der Waals surface area contributed by atoms with Crippen molar-refractivity contribution in [1.82, 2.24) is 9.21 Å². The Hall–Kier alpha value is -1.40. The van der Waals surface area contributed by atoms with Crippen molar-refractivity contribution < 1.29 is 14.3 Å². The number of amides is 1. The molecule has 2 fully saturated rings. The van der Waals surface area contributed by atoms with E-state index in [0.29, 0.717) is 19.0 Å². The molecule has 5 nitrogen and oxygen atoms in total. The first-order valence-corrected chi connectivity index (χ1v) is 11.2. The fraction of sp³-hybridized carbons (Fsp3) is 0.667. The first-order chi connectivity index (χ1) is 13.0. The van der Waals surface area contributed by atoms with Crippen LogP contribution < -0.4 is 4.74 Å². The summed E-state index contributed by atoms with van der Waals surface area (Å²) in [5.41, 5.74) is 1.43. The maximum absolute atomic E-state index is 12.0. The van der Waals surface area contributed by atoms with Crippen molar-refractivity contribution >= 4 is 18.0 Å². The number of ether oxygens (including phenoxy) is 2. The molecule has 0 saturated carbocycles. The highest BCUT2D eigenvalue weighted by Crippen LogP contribution is 2.31. The molecule has 1 aromatic rings. The molecule has 2 heterocycles. The number of carbonyl (C=O) groups excluding carboxylic acids is 1. The van der Waals surface area contributed by atoms with Crippen LogP contribution in [0.3, 0.4) is 0 Å². The standard InChI is InChI=1S/C21H32N2O3S/c1-16(2)25-21(24)22-12-10-20(11-13-22)26-19-6-4-17(5-7-19)18-8-14-23(27-3)15-9-18/h4-7,16,18,20H,8-15H2,1-3H3. The molecule has 3 rings (SSSR count). The number of rotatable bonds is 5. The fourth-order valence-electron chi connectivity index (χ4n) is 3.82. The van der Waals surface area contributed by atoms with Crippen LogP contribution in [0.15, 0.2) is 24.3 Å². The Labute approximate surface area is 167 Å². The minimum atomic E-state index is -0.208. The van der Waals surface area contributed by atoms with E-state index in [4.69, 9.17) is 9.47 Å². The summed E-state index contributed by atoms with van der Waals surface area (Å²) in [4.78, 5) is 13.7. The smallest absolute Gasteiger partial charge is 0.410 e. The third-order valence-electron chi connectivity index (χ3n) is 5.40. The van der Waals surface area contributed by atoms with Crippen LogP contribution in [0.4, 0.5) is 4.79 Å². The first-order valence-electron chi connectivity index (χ1n) is 10.1. The highest BCUT2D eigenvalue weighted by molar-refractivity contribution is 7.96. The predicted molar refractivity (Wildman–Crippen MR) is 110 cm³/mol. The van der Waals surface area contributed by atoms with Crippen molar-refractivity contribution in [3.05, 3.63) is 29.8 Å². The second kappa shape index (κ2) is 9.69. The maximum Gasteiger partial charge on any atom is 0.410 e. The average molecular weight is 393 g/mol. The minimum Gasteiger partial charge on any atom is -0.490 e. The van der Waals surface area contributed by atoms with Crippen LogP contribution in [-0.2, 0) is 4.74 Å².